The first kappa shape index (κ1) is 10.7. The van der Waals surface area contributed by atoms with Crippen molar-refractivity contribution in [1.29, 1.82) is 0 Å². The summed E-state index contributed by atoms with van der Waals surface area (Å²) in [6, 6.07) is 0. The molecule has 1 aromatic rings. The van der Waals surface area contributed by atoms with Crippen molar-refractivity contribution in [1.82, 2.24) is 9.55 Å². The lowest BCUT2D eigenvalue weighted by Gasteiger charge is -2.17. The summed E-state index contributed by atoms with van der Waals surface area (Å²) in [5.74, 6) is 1.76. The molecule has 3 nitrogen and oxygen atoms in total. The highest BCUT2D eigenvalue weighted by Crippen LogP contribution is 2.22. The fourth-order valence-electron chi connectivity index (χ4n) is 2.40. The fraction of sp³-hybridized carbons (Fsp3) is 0.750. The highest BCUT2D eigenvalue weighted by atomic mass is 15.1. The molecule has 0 spiro atoms. The van der Waals surface area contributed by atoms with E-state index in [0.29, 0.717) is 12.5 Å². The molecule has 1 aliphatic rings. The molecule has 2 rings (SSSR count). The van der Waals surface area contributed by atoms with E-state index in [4.69, 9.17) is 5.73 Å². The largest absolute Gasteiger partial charge is 0.331 e. The molecule has 2 N–H and O–H groups in total. The molecule has 0 saturated heterocycles. The topological polar surface area (TPSA) is 43.8 Å². The maximum Gasteiger partial charge on any atom is 0.122 e. The Morgan fingerprint density at radius 2 is 2.20 bits per heavy atom. The number of fused-ring (bicyclic) bond motifs is 1. The highest BCUT2D eigenvalue weighted by Gasteiger charge is 2.19. The van der Waals surface area contributed by atoms with Gasteiger partial charge >= 0.3 is 0 Å². The van der Waals surface area contributed by atoms with Gasteiger partial charge in [0.25, 0.3) is 0 Å². The molecule has 0 saturated carbocycles. The van der Waals surface area contributed by atoms with Gasteiger partial charge in [0, 0.05) is 12.2 Å². The summed E-state index contributed by atoms with van der Waals surface area (Å²) in [4.78, 5) is 4.69. The van der Waals surface area contributed by atoms with Crippen molar-refractivity contribution in [3.05, 3.63) is 17.2 Å². The minimum Gasteiger partial charge on any atom is -0.331 e. The third-order valence-electron chi connectivity index (χ3n) is 3.06. The molecular weight excluding hydrogens is 186 g/mol. The van der Waals surface area contributed by atoms with Gasteiger partial charge in [-0.2, -0.15) is 0 Å². The van der Waals surface area contributed by atoms with Crippen molar-refractivity contribution in [2.45, 2.75) is 52.6 Å². The van der Waals surface area contributed by atoms with E-state index in [2.05, 4.69) is 23.4 Å². The number of aromatic nitrogens is 2. The lowest BCUT2D eigenvalue weighted by Crippen LogP contribution is -2.15. The van der Waals surface area contributed by atoms with E-state index in [1.54, 1.807) is 0 Å². The highest BCUT2D eigenvalue weighted by molar-refractivity contribution is 5.19. The number of hydrogen-bond acceptors (Lipinski definition) is 2. The maximum absolute atomic E-state index is 5.73. The van der Waals surface area contributed by atoms with Gasteiger partial charge in [-0.25, -0.2) is 4.98 Å². The normalized spacial score (nSPS) is 15.7. The standard InChI is InChI=1S/C12H21N3/c1-9(2)7-10-11-5-3-4-6-15(11)12(8-13)14-10/h9H,3-8,13H2,1-2H3. The fourth-order valence-corrected chi connectivity index (χ4v) is 2.40. The van der Waals surface area contributed by atoms with Crippen LogP contribution >= 0.6 is 0 Å². The average molecular weight is 207 g/mol. The molecular formula is C12H21N3. The predicted molar refractivity (Wildman–Crippen MR) is 61.6 cm³/mol. The van der Waals surface area contributed by atoms with Crippen molar-refractivity contribution in [2.75, 3.05) is 0 Å². The van der Waals surface area contributed by atoms with E-state index in [0.717, 1.165) is 18.8 Å². The molecule has 0 aromatic carbocycles. The molecule has 0 radical (unpaired) electrons. The zero-order valence-corrected chi connectivity index (χ0v) is 9.79. The van der Waals surface area contributed by atoms with Gasteiger partial charge < -0.3 is 10.3 Å². The summed E-state index contributed by atoms with van der Waals surface area (Å²) in [7, 11) is 0. The van der Waals surface area contributed by atoms with Crippen LogP contribution in [0.1, 0.15) is 43.9 Å². The van der Waals surface area contributed by atoms with E-state index in [9.17, 15) is 0 Å². The minimum atomic E-state index is 0.574. The maximum atomic E-state index is 5.73. The number of imidazole rings is 1. The Kier molecular flexibility index (Phi) is 3.10. The van der Waals surface area contributed by atoms with E-state index < -0.39 is 0 Å². The third-order valence-corrected chi connectivity index (χ3v) is 3.06. The van der Waals surface area contributed by atoms with Crippen molar-refractivity contribution in [3.8, 4) is 0 Å². The van der Waals surface area contributed by atoms with Crippen molar-refractivity contribution in [3.63, 3.8) is 0 Å². The Labute approximate surface area is 91.7 Å². The molecule has 1 aliphatic heterocycles. The van der Waals surface area contributed by atoms with Crippen LogP contribution in [-0.2, 0) is 25.9 Å². The molecule has 0 unspecified atom stereocenters. The Morgan fingerprint density at radius 3 is 2.87 bits per heavy atom. The molecule has 2 heterocycles. The molecule has 0 fully saturated rings. The van der Waals surface area contributed by atoms with Gasteiger partial charge in [-0.3, -0.25) is 0 Å². The van der Waals surface area contributed by atoms with Crippen LogP contribution < -0.4 is 5.73 Å². The third kappa shape index (κ3) is 2.07. The van der Waals surface area contributed by atoms with E-state index in [1.165, 1.54) is 30.7 Å². The van der Waals surface area contributed by atoms with Crippen LogP contribution in [-0.4, -0.2) is 9.55 Å². The van der Waals surface area contributed by atoms with Gasteiger partial charge in [0.05, 0.1) is 12.2 Å². The van der Waals surface area contributed by atoms with Gasteiger partial charge in [-0.1, -0.05) is 13.8 Å². The Bertz CT molecular complexity index is 339. The van der Waals surface area contributed by atoms with Crippen LogP contribution in [0.3, 0.4) is 0 Å². The summed E-state index contributed by atoms with van der Waals surface area (Å²) in [5.41, 5.74) is 8.49. The van der Waals surface area contributed by atoms with Crippen LogP contribution in [0.2, 0.25) is 0 Å². The van der Waals surface area contributed by atoms with Crippen LogP contribution in [0.4, 0.5) is 0 Å². The second kappa shape index (κ2) is 4.35. The van der Waals surface area contributed by atoms with Crippen molar-refractivity contribution in [2.24, 2.45) is 11.7 Å². The molecule has 0 atom stereocenters. The average Bonchev–Trinajstić information content (AvgIpc) is 2.56. The first-order valence-corrected chi connectivity index (χ1v) is 5.99. The van der Waals surface area contributed by atoms with Gasteiger partial charge in [-0.05, 0) is 31.6 Å². The SMILES string of the molecule is CC(C)Cc1nc(CN)n2c1CCCC2. The summed E-state index contributed by atoms with van der Waals surface area (Å²) in [6.45, 7) is 6.19. The molecule has 3 heteroatoms. The first-order valence-electron chi connectivity index (χ1n) is 5.99. The summed E-state index contributed by atoms with van der Waals surface area (Å²) in [6.07, 6.45) is 4.86. The monoisotopic (exact) mass is 207 g/mol. The van der Waals surface area contributed by atoms with Crippen LogP contribution in [0, 0.1) is 5.92 Å². The van der Waals surface area contributed by atoms with Gasteiger partial charge in [0.1, 0.15) is 5.82 Å². The molecule has 0 aliphatic carbocycles. The molecule has 1 aromatic heterocycles. The van der Waals surface area contributed by atoms with Crippen molar-refractivity contribution < 1.29 is 0 Å². The van der Waals surface area contributed by atoms with Crippen LogP contribution in [0.15, 0.2) is 0 Å². The molecule has 84 valence electrons. The van der Waals surface area contributed by atoms with Gasteiger partial charge in [0.2, 0.25) is 0 Å². The smallest absolute Gasteiger partial charge is 0.122 e. The summed E-state index contributed by atoms with van der Waals surface area (Å²) < 4.78 is 2.35. The van der Waals surface area contributed by atoms with Gasteiger partial charge in [0.15, 0.2) is 0 Å². The van der Waals surface area contributed by atoms with E-state index >= 15 is 0 Å². The molecule has 0 amide bonds. The van der Waals surface area contributed by atoms with Crippen LogP contribution in [0.25, 0.3) is 0 Å². The lowest BCUT2D eigenvalue weighted by atomic mass is 10.0. The first-order chi connectivity index (χ1) is 7.22. The predicted octanol–water partition coefficient (Wildman–Crippen LogP) is 1.88. The van der Waals surface area contributed by atoms with Crippen LogP contribution in [0.5, 0.6) is 0 Å². The molecule has 15 heavy (non-hydrogen) atoms. The van der Waals surface area contributed by atoms with E-state index in [-0.39, 0.29) is 0 Å². The minimum absolute atomic E-state index is 0.574. The summed E-state index contributed by atoms with van der Waals surface area (Å²) in [5, 5.41) is 0. The summed E-state index contributed by atoms with van der Waals surface area (Å²) >= 11 is 0. The number of nitrogens with zero attached hydrogens (tertiary/aromatic N) is 2. The van der Waals surface area contributed by atoms with Gasteiger partial charge in [-0.15, -0.1) is 0 Å². The number of nitrogens with two attached hydrogens (primary N) is 1. The second-order valence-corrected chi connectivity index (χ2v) is 4.83. The van der Waals surface area contributed by atoms with E-state index in [1.807, 2.05) is 0 Å². The quantitative estimate of drug-likeness (QED) is 0.822. The number of hydrogen-bond donors (Lipinski definition) is 1. The lowest BCUT2D eigenvalue weighted by molar-refractivity contribution is 0.510. The number of rotatable bonds is 3. The Morgan fingerprint density at radius 1 is 1.40 bits per heavy atom. The zero-order chi connectivity index (χ0) is 10.8. The van der Waals surface area contributed by atoms with Crippen molar-refractivity contribution >= 4 is 0 Å². The second-order valence-electron chi connectivity index (χ2n) is 4.83. The Hall–Kier alpha value is -0.830. The zero-order valence-electron chi connectivity index (χ0n) is 9.79. The Balaban J connectivity index is 2.33. The molecule has 0 bridgehead atoms.